The molecular weight excluding hydrogens is 440 g/mol. The highest BCUT2D eigenvalue weighted by molar-refractivity contribution is 5.89. The Bertz CT molecular complexity index is 1020. The van der Waals surface area contributed by atoms with Gasteiger partial charge in [0.25, 0.3) is 0 Å². The Morgan fingerprint density at radius 1 is 0.824 bits per heavy atom. The number of aliphatic hydroxyl groups excluding tert-OH is 1. The third kappa shape index (κ3) is 9.54. The molecule has 178 valence electrons. The SMILES string of the molecule is C=CC(=O)Oc1ccc(/C=C/C(=O)Oc2ccc(OCCCCOC(=O)C(=C)CO)cc2)cc1. The van der Waals surface area contributed by atoms with E-state index in [0.717, 1.165) is 11.6 Å². The topological polar surface area (TPSA) is 108 Å². The number of carbonyl (C=O) groups excluding carboxylic acids is 3. The van der Waals surface area contributed by atoms with Gasteiger partial charge in [-0.15, -0.1) is 0 Å². The van der Waals surface area contributed by atoms with Crippen molar-refractivity contribution in [2.75, 3.05) is 19.8 Å². The van der Waals surface area contributed by atoms with Crippen LogP contribution in [0.4, 0.5) is 0 Å². The summed E-state index contributed by atoms with van der Waals surface area (Å²) in [6.07, 6.45) is 5.21. The second-order valence-electron chi connectivity index (χ2n) is 6.87. The molecule has 2 aromatic rings. The van der Waals surface area contributed by atoms with Crippen LogP contribution in [0, 0.1) is 0 Å². The van der Waals surface area contributed by atoms with E-state index in [-0.39, 0.29) is 12.2 Å². The van der Waals surface area contributed by atoms with Gasteiger partial charge in [-0.1, -0.05) is 25.3 Å². The van der Waals surface area contributed by atoms with Crippen LogP contribution in [0.15, 0.2) is 79.4 Å². The highest BCUT2D eigenvalue weighted by Gasteiger charge is 2.06. The predicted molar refractivity (Wildman–Crippen MR) is 125 cm³/mol. The minimum atomic E-state index is -0.604. The molecule has 0 aliphatic heterocycles. The van der Waals surface area contributed by atoms with Crippen LogP contribution in [-0.4, -0.2) is 42.8 Å². The standard InChI is InChI=1S/C26H26O8/c1-3-24(28)33-22-9-6-20(7-10-22)8-15-25(29)34-23-13-11-21(12-14-23)31-16-4-5-17-32-26(30)19(2)18-27/h3,6-15,27H,1-2,4-5,16-18H2/b15-8+. The summed E-state index contributed by atoms with van der Waals surface area (Å²) in [5, 5.41) is 8.78. The lowest BCUT2D eigenvalue weighted by atomic mass is 10.2. The lowest BCUT2D eigenvalue weighted by molar-refractivity contribution is -0.139. The van der Waals surface area contributed by atoms with Gasteiger partial charge in [0.1, 0.15) is 17.2 Å². The number of benzene rings is 2. The van der Waals surface area contributed by atoms with Crippen LogP contribution >= 0.6 is 0 Å². The van der Waals surface area contributed by atoms with Crippen molar-refractivity contribution in [2.45, 2.75) is 12.8 Å². The highest BCUT2D eigenvalue weighted by Crippen LogP contribution is 2.19. The zero-order chi connectivity index (χ0) is 24.8. The van der Waals surface area contributed by atoms with Crippen molar-refractivity contribution >= 4 is 24.0 Å². The van der Waals surface area contributed by atoms with Gasteiger partial charge < -0.3 is 24.1 Å². The van der Waals surface area contributed by atoms with E-state index >= 15 is 0 Å². The molecule has 8 heteroatoms. The molecular formula is C26H26O8. The lowest BCUT2D eigenvalue weighted by Crippen LogP contribution is -2.11. The summed E-state index contributed by atoms with van der Waals surface area (Å²) >= 11 is 0. The summed E-state index contributed by atoms with van der Waals surface area (Å²) in [6, 6.07) is 13.2. The monoisotopic (exact) mass is 466 g/mol. The van der Waals surface area contributed by atoms with Crippen molar-refractivity contribution < 1.29 is 38.4 Å². The van der Waals surface area contributed by atoms with Crippen LogP contribution in [0.5, 0.6) is 17.2 Å². The van der Waals surface area contributed by atoms with Crippen LogP contribution in [0.2, 0.25) is 0 Å². The van der Waals surface area contributed by atoms with E-state index in [1.807, 2.05) is 0 Å². The summed E-state index contributed by atoms with van der Waals surface area (Å²) in [5.74, 6) is -0.349. The fourth-order valence-corrected chi connectivity index (χ4v) is 2.45. The zero-order valence-electron chi connectivity index (χ0n) is 18.6. The number of aliphatic hydroxyl groups is 1. The van der Waals surface area contributed by atoms with Gasteiger partial charge in [0.15, 0.2) is 0 Å². The van der Waals surface area contributed by atoms with E-state index in [9.17, 15) is 14.4 Å². The maximum atomic E-state index is 12.0. The number of hydrogen-bond donors (Lipinski definition) is 1. The van der Waals surface area contributed by atoms with Gasteiger partial charge in [0, 0.05) is 12.2 Å². The average molecular weight is 466 g/mol. The summed E-state index contributed by atoms with van der Waals surface area (Å²) in [7, 11) is 0. The van der Waals surface area contributed by atoms with Gasteiger partial charge in [-0.25, -0.2) is 14.4 Å². The second-order valence-corrected chi connectivity index (χ2v) is 6.87. The van der Waals surface area contributed by atoms with E-state index < -0.39 is 24.5 Å². The molecule has 0 unspecified atom stereocenters. The first kappa shape index (κ1) is 26.1. The third-order valence-corrected chi connectivity index (χ3v) is 4.24. The number of unbranched alkanes of at least 4 members (excludes halogenated alkanes) is 1. The molecule has 34 heavy (non-hydrogen) atoms. The Hall–Kier alpha value is -4.17. The number of ether oxygens (including phenoxy) is 4. The molecule has 2 rings (SSSR count). The van der Waals surface area contributed by atoms with Crippen LogP contribution in [0.1, 0.15) is 18.4 Å². The molecule has 0 radical (unpaired) electrons. The Kier molecular flexibility index (Phi) is 10.8. The van der Waals surface area contributed by atoms with Gasteiger partial charge in [-0.2, -0.15) is 0 Å². The van der Waals surface area contributed by atoms with Crippen molar-refractivity contribution in [1.82, 2.24) is 0 Å². The van der Waals surface area contributed by atoms with Crippen molar-refractivity contribution in [3.63, 3.8) is 0 Å². The first-order valence-electron chi connectivity index (χ1n) is 10.4. The largest absolute Gasteiger partial charge is 0.494 e. The van der Waals surface area contributed by atoms with E-state index in [1.54, 1.807) is 54.6 Å². The molecule has 0 aliphatic rings. The summed E-state index contributed by atoms with van der Waals surface area (Å²) < 4.78 is 20.8. The Labute approximate surface area is 197 Å². The Balaban J connectivity index is 1.70. The summed E-state index contributed by atoms with van der Waals surface area (Å²) in [4.78, 5) is 34.5. The van der Waals surface area contributed by atoms with Gasteiger partial charge in [-0.05, 0) is 60.9 Å². The number of hydrogen-bond acceptors (Lipinski definition) is 8. The minimum Gasteiger partial charge on any atom is -0.494 e. The second kappa shape index (κ2) is 14.1. The molecule has 0 heterocycles. The lowest BCUT2D eigenvalue weighted by Gasteiger charge is -2.08. The normalized spacial score (nSPS) is 10.4. The smallest absolute Gasteiger partial charge is 0.336 e. The molecule has 0 saturated heterocycles. The first-order valence-corrected chi connectivity index (χ1v) is 10.4. The van der Waals surface area contributed by atoms with Gasteiger partial charge in [0.05, 0.1) is 25.4 Å². The van der Waals surface area contributed by atoms with Crippen LogP contribution in [-0.2, 0) is 19.1 Å². The fraction of sp³-hybridized carbons (Fsp3) is 0.192. The van der Waals surface area contributed by atoms with Crippen molar-refractivity contribution in [3.05, 3.63) is 85.0 Å². The van der Waals surface area contributed by atoms with E-state index in [2.05, 4.69) is 13.2 Å². The Morgan fingerprint density at radius 3 is 2.00 bits per heavy atom. The molecule has 1 N–H and O–H groups in total. The number of esters is 3. The molecule has 8 nitrogen and oxygen atoms in total. The number of carbonyl (C=O) groups is 3. The summed E-state index contributed by atoms with van der Waals surface area (Å²) in [6.45, 7) is 6.94. The fourth-order valence-electron chi connectivity index (χ4n) is 2.45. The molecule has 0 aliphatic carbocycles. The van der Waals surface area contributed by atoms with Gasteiger partial charge >= 0.3 is 17.9 Å². The average Bonchev–Trinajstić information content (AvgIpc) is 2.85. The van der Waals surface area contributed by atoms with Crippen LogP contribution < -0.4 is 14.2 Å². The molecule has 0 bridgehead atoms. The molecule has 0 atom stereocenters. The molecule has 0 saturated carbocycles. The summed E-state index contributed by atoms with van der Waals surface area (Å²) in [5.41, 5.74) is 0.752. The number of rotatable bonds is 13. The molecule has 2 aromatic carbocycles. The van der Waals surface area contributed by atoms with Crippen molar-refractivity contribution in [1.29, 1.82) is 0 Å². The predicted octanol–water partition coefficient (Wildman–Crippen LogP) is 3.65. The zero-order valence-corrected chi connectivity index (χ0v) is 18.6. The molecule has 0 aromatic heterocycles. The molecule has 0 amide bonds. The van der Waals surface area contributed by atoms with Crippen LogP contribution in [0.25, 0.3) is 6.08 Å². The van der Waals surface area contributed by atoms with Crippen molar-refractivity contribution in [2.24, 2.45) is 0 Å². The Morgan fingerprint density at radius 2 is 1.38 bits per heavy atom. The minimum absolute atomic E-state index is 0.0231. The van der Waals surface area contributed by atoms with E-state index in [0.29, 0.717) is 36.7 Å². The maximum absolute atomic E-state index is 12.0. The first-order chi connectivity index (χ1) is 16.4. The molecule has 0 spiro atoms. The molecule has 0 fully saturated rings. The maximum Gasteiger partial charge on any atom is 0.336 e. The van der Waals surface area contributed by atoms with Crippen LogP contribution in [0.3, 0.4) is 0 Å². The highest BCUT2D eigenvalue weighted by atomic mass is 16.5. The van der Waals surface area contributed by atoms with Crippen molar-refractivity contribution in [3.8, 4) is 17.2 Å². The quantitative estimate of drug-likeness (QED) is 0.206. The van der Waals surface area contributed by atoms with E-state index in [4.69, 9.17) is 24.1 Å². The third-order valence-electron chi connectivity index (χ3n) is 4.24. The van der Waals surface area contributed by atoms with Gasteiger partial charge in [-0.3, -0.25) is 0 Å². The van der Waals surface area contributed by atoms with E-state index in [1.165, 1.54) is 6.08 Å². The van der Waals surface area contributed by atoms with Gasteiger partial charge in [0.2, 0.25) is 0 Å².